The number of nitrogens with one attached hydrogen (secondary N) is 1. The molecule has 0 unspecified atom stereocenters. The Kier molecular flexibility index (Phi) is 4.90. The number of halogens is 1. The minimum absolute atomic E-state index is 0.0790. The third kappa shape index (κ3) is 3.99. The Morgan fingerprint density at radius 3 is 2.89 bits per heavy atom. The molecule has 0 spiro atoms. The molecule has 0 aliphatic heterocycles. The molecule has 0 saturated heterocycles. The van der Waals surface area contributed by atoms with Crippen LogP contribution in [-0.4, -0.2) is 17.0 Å². The van der Waals surface area contributed by atoms with Crippen LogP contribution < -0.4 is 15.8 Å². The summed E-state index contributed by atoms with van der Waals surface area (Å²) in [5.41, 5.74) is 5.79. The molecule has 2 heterocycles. The Morgan fingerprint density at radius 2 is 2.26 bits per heavy atom. The Bertz CT molecular complexity index is 539. The first-order valence-corrected chi connectivity index (χ1v) is 7.93. The maximum absolute atomic E-state index is 5.90. The fourth-order valence-electron chi connectivity index (χ4n) is 1.54. The number of hydrogen-bond donors (Lipinski definition) is 2. The van der Waals surface area contributed by atoms with Gasteiger partial charge in [-0.2, -0.15) is 4.37 Å². The van der Waals surface area contributed by atoms with Crippen molar-refractivity contribution < 1.29 is 4.74 Å². The van der Waals surface area contributed by atoms with Crippen LogP contribution in [0.5, 0.6) is 5.75 Å². The maximum atomic E-state index is 5.90. The molecular formula is C12H16ClN3OS2. The van der Waals surface area contributed by atoms with E-state index in [1.807, 2.05) is 26.0 Å². The van der Waals surface area contributed by atoms with E-state index < -0.39 is 0 Å². The molecule has 2 rings (SSSR count). The molecule has 0 bridgehead atoms. The summed E-state index contributed by atoms with van der Waals surface area (Å²) in [6.45, 7) is 4.73. The standard InChI is InChI=1S/C12H16ClN3OS2/c1-7(2)17-10-11(14)16-19-12(10)15-6-5-8-3-4-9(13)18-8/h3-4,7,15H,5-6H2,1-2H3,(H2,14,16). The van der Waals surface area contributed by atoms with Crippen LogP contribution in [0.15, 0.2) is 12.1 Å². The van der Waals surface area contributed by atoms with E-state index in [9.17, 15) is 0 Å². The van der Waals surface area contributed by atoms with Crippen molar-refractivity contribution in [2.75, 3.05) is 17.6 Å². The Morgan fingerprint density at radius 1 is 1.47 bits per heavy atom. The first kappa shape index (κ1) is 14.4. The first-order chi connectivity index (χ1) is 9.06. The van der Waals surface area contributed by atoms with Crippen LogP contribution in [-0.2, 0) is 6.42 Å². The zero-order valence-electron chi connectivity index (χ0n) is 10.8. The third-order valence-electron chi connectivity index (χ3n) is 2.31. The quantitative estimate of drug-likeness (QED) is 0.848. The van der Waals surface area contributed by atoms with Crippen LogP contribution in [0.1, 0.15) is 18.7 Å². The van der Waals surface area contributed by atoms with Gasteiger partial charge in [0.25, 0.3) is 0 Å². The van der Waals surface area contributed by atoms with Gasteiger partial charge < -0.3 is 15.8 Å². The van der Waals surface area contributed by atoms with Crippen molar-refractivity contribution in [1.29, 1.82) is 0 Å². The summed E-state index contributed by atoms with van der Waals surface area (Å²) in [5.74, 6) is 1.10. The lowest BCUT2D eigenvalue weighted by molar-refractivity contribution is 0.245. The Hall–Kier alpha value is -0.980. The van der Waals surface area contributed by atoms with Crippen LogP contribution in [0.2, 0.25) is 4.34 Å². The number of nitrogens with two attached hydrogens (primary N) is 1. The van der Waals surface area contributed by atoms with E-state index in [-0.39, 0.29) is 6.10 Å². The second-order valence-corrected chi connectivity index (χ2v) is 6.85. The third-order valence-corrected chi connectivity index (χ3v) is 4.40. The maximum Gasteiger partial charge on any atom is 0.197 e. The van der Waals surface area contributed by atoms with Gasteiger partial charge in [-0.3, -0.25) is 0 Å². The SMILES string of the molecule is CC(C)Oc1c(N)nsc1NCCc1ccc(Cl)s1. The molecule has 0 aliphatic carbocycles. The van der Waals surface area contributed by atoms with E-state index in [2.05, 4.69) is 9.69 Å². The van der Waals surface area contributed by atoms with Gasteiger partial charge >= 0.3 is 0 Å². The van der Waals surface area contributed by atoms with E-state index in [0.29, 0.717) is 11.6 Å². The fraction of sp³-hybridized carbons (Fsp3) is 0.417. The Balaban J connectivity index is 1.92. The predicted molar refractivity (Wildman–Crippen MR) is 83.8 cm³/mol. The lowest BCUT2D eigenvalue weighted by Gasteiger charge is -2.11. The first-order valence-electron chi connectivity index (χ1n) is 5.96. The molecule has 104 valence electrons. The van der Waals surface area contributed by atoms with Gasteiger partial charge in [0.2, 0.25) is 0 Å². The van der Waals surface area contributed by atoms with Crippen molar-refractivity contribution >= 4 is 45.3 Å². The average molecular weight is 318 g/mol. The van der Waals surface area contributed by atoms with Crippen LogP contribution in [0.25, 0.3) is 0 Å². The molecule has 0 amide bonds. The number of thiophene rings is 1. The predicted octanol–water partition coefficient (Wildman–Crippen LogP) is 3.88. The second kappa shape index (κ2) is 6.45. The highest BCUT2D eigenvalue weighted by atomic mass is 35.5. The molecule has 19 heavy (non-hydrogen) atoms. The average Bonchev–Trinajstić information content (AvgIpc) is 2.89. The lowest BCUT2D eigenvalue weighted by Crippen LogP contribution is -2.09. The molecule has 0 radical (unpaired) electrons. The number of hydrogen-bond acceptors (Lipinski definition) is 6. The fourth-order valence-corrected chi connectivity index (χ4v) is 3.30. The number of aromatic nitrogens is 1. The van der Waals surface area contributed by atoms with Gasteiger partial charge in [0.1, 0.15) is 0 Å². The number of nitrogen functional groups attached to an aromatic ring is 1. The van der Waals surface area contributed by atoms with Crippen LogP contribution in [0.3, 0.4) is 0 Å². The smallest absolute Gasteiger partial charge is 0.197 e. The zero-order chi connectivity index (χ0) is 13.8. The van der Waals surface area contributed by atoms with Gasteiger partial charge in [-0.1, -0.05) is 11.6 Å². The summed E-state index contributed by atoms with van der Waals surface area (Å²) < 4.78 is 10.6. The lowest BCUT2D eigenvalue weighted by atomic mass is 10.3. The van der Waals surface area contributed by atoms with E-state index in [1.54, 1.807) is 11.3 Å². The number of ether oxygens (including phenoxy) is 1. The van der Waals surface area contributed by atoms with Crippen molar-refractivity contribution in [3.63, 3.8) is 0 Å². The van der Waals surface area contributed by atoms with Crippen molar-refractivity contribution in [2.45, 2.75) is 26.4 Å². The second-order valence-electron chi connectivity index (χ2n) is 4.28. The highest BCUT2D eigenvalue weighted by Crippen LogP contribution is 2.35. The molecule has 2 aromatic heterocycles. The van der Waals surface area contributed by atoms with Crippen molar-refractivity contribution in [2.24, 2.45) is 0 Å². The molecular weight excluding hydrogens is 302 g/mol. The summed E-state index contributed by atoms with van der Waals surface area (Å²) in [6, 6.07) is 3.96. The largest absolute Gasteiger partial charge is 0.484 e. The normalized spacial score (nSPS) is 10.9. The van der Waals surface area contributed by atoms with E-state index in [0.717, 1.165) is 22.3 Å². The van der Waals surface area contributed by atoms with Gasteiger partial charge in [-0.25, -0.2) is 0 Å². The zero-order valence-corrected chi connectivity index (χ0v) is 13.2. The van der Waals surface area contributed by atoms with Gasteiger partial charge in [-0.05, 0) is 43.9 Å². The van der Waals surface area contributed by atoms with Gasteiger partial charge in [0, 0.05) is 11.4 Å². The Labute approximate surface area is 125 Å². The number of anilines is 2. The summed E-state index contributed by atoms with van der Waals surface area (Å²) in [6.07, 6.45) is 0.992. The highest BCUT2D eigenvalue weighted by Gasteiger charge is 2.14. The number of rotatable bonds is 6. The van der Waals surface area contributed by atoms with Crippen LogP contribution >= 0.6 is 34.5 Å². The molecule has 0 atom stereocenters. The van der Waals surface area contributed by atoms with Crippen LogP contribution in [0.4, 0.5) is 10.8 Å². The summed E-state index contributed by atoms with van der Waals surface area (Å²) >= 11 is 8.82. The van der Waals surface area contributed by atoms with Gasteiger partial charge in [0.15, 0.2) is 16.6 Å². The van der Waals surface area contributed by atoms with E-state index in [1.165, 1.54) is 16.4 Å². The summed E-state index contributed by atoms with van der Waals surface area (Å²) in [5, 5.41) is 4.19. The summed E-state index contributed by atoms with van der Waals surface area (Å²) in [7, 11) is 0. The van der Waals surface area contributed by atoms with E-state index >= 15 is 0 Å². The van der Waals surface area contributed by atoms with Crippen molar-refractivity contribution in [1.82, 2.24) is 4.37 Å². The van der Waals surface area contributed by atoms with Crippen LogP contribution in [0, 0.1) is 0 Å². The molecule has 0 fully saturated rings. The highest BCUT2D eigenvalue weighted by molar-refractivity contribution is 7.16. The van der Waals surface area contributed by atoms with Crippen molar-refractivity contribution in [3.8, 4) is 5.75 Å². The van der Waals surface area contributed by atoms with Crippen molar-refractivity contribution in [3.05, 3.63) is 21.3 Å². The minimum atomic E-state index is 0.0790. The number of nitrogens with zero attached hydrogens (tertiary/aromatic N) is 1. The van der Waals surface area contributed by atoms with Gasteiger partial charge in [0.05, 0.1) is 10.4 Å². The molecule has 7 heteroatoms. The molecule has 3 N–H and O–H groups in total. The minimum Gasteiger partial charge on any atom is -0.484 e. The summed E-state index contributed by atoms with van der Waals surface area (Å²) in [4.78, 5) is 1.25. The monoisotopic (exact) mass is 317 g/mol. The molecule has 2 aromatic rings. The van der Waals surface area contributed by atoms with Gasteiger partial charge in [-0.15, -0.1) is 11.3 Å². The molecule has 0 aliphatic rings. The molecule has 4 nitrogen and oxygen atoms in total. The topological polar surface area (TPSA) is 60.2 Å². The van der Waals surface area contributed by atoms with E-state index in [4.69, 9.17) is 22.1 Å². The molecule has 0 saturated carbocycles. The molecule has 0 aromatic carbocycles.